The second-order valence-electron chi connectivity index (χ2n) is 27.6. The van der Waals surface area contributed by atoms with E-state index in [4.69, 9.17) is 47.4 Å². The Morgan fingerprint density at radius 2 is 0.818 bits per heavy atom. The molecule has 0 spiro atoms. The van der Waals surface area contributed by atoms with Gasteiger partial charge in [0, 0.05) is 57.2 Å². The number of hydrogen-bond acceptors (Lipinski definition) is 19. The quantitative estimate of drug-likeness (QED) is 0.0208. The van der Waals surface area contributed by atoms with Crippen LogP contribution in [-0.2, 0) is 57.0 Å². The summed E-state index contributed by atoms with van der Waals surface area (Å²) in [6.07, 6.45) is 47.9. The fourth-order valence-corrected chi connectivity index (χ4v) is 12.7. The Labute approximate surface area is 598 Å². The molecule has 99 heavy (non-hydrogen) atoms. The highest BCUT2D eigenvalue weighted by Crippen LogP contribution is 2.36. The van der Waals surface area contributed by atoms with Crippen molar-refractivity contribution in [2.24, 2.45) is 11.8 Å². The van der Waals surface area contributed by atoms with Gasteiger partial charge in [-0.15, -0.1) is 0 Å². The summed E-state index contributed by atoms with van der Waals surface area (Å²) in [4.78, 5) is 28.2. The van der Waals surface area contributed by atoms with E-state index < -0.39 is 80.0 Å². The van der Waals surface area contributed by atoms with Crippen LogP contribution in [0.4, 0.5) is 0 Å². The summed E-state index contributed by atoms with van der Waals surface area (Å²) in [5, 5.41) is 65.5. The van der Waals surface area contributed by atoms with Gasteiger partial charge in [0.25, 0.3) is 0 Å². The zero-order chi connectivity index (χ0) is 71.5. The van der Waals surface area contributed by atoms with Crippen molar-refractivity contribution in [3.63, 3.8) is 0 Å². The molecule has 3 heterocycles. The van der Waals surface area contributed by atoms with Gasteiger partial charge in [-0.25, -0.2) is 0 Å². The fraction of sp³-hybridized carbons (Fsp3) is 0.872. The van der Waals surface area contributed by atoms with Crippen LogP contribution < -0.4 is 10.6 Å². The molecule has 0 aromatic carbocycles. The number of allylic oxidation sites excluding steroid dienone is 8. The van der Waals surface area contributed by atoms with Gasteiger partial charge in [-0.05, 0) is 116 Å². The smallest absolute Gasteiger partial charge is 0.220 e. The number of unbranched alkanes of at least 4 members (excludes halogenated alkanes) is 22. The first kappa shape index (κ1) is 90.4. The van der Waals surface area contributed by atoms with Gasteiger partial charge in [0.15, 0.2) is 18.4 Å². The molecule has 21 nitrogen and oxygen atoms in total. The molecule has 0 aromatic heterocycles. The zero-order valence-corrected chi connectivity index (χ0v) is 62.3. The van der Waals surface area contributed by atoms with Crippen molar-refractivity contribution in [1.82, 2.24) is 15.5 Å². The lowest BCUT2D eigenvalue weighted by atomic mass is 9.92. The molecule has 3 aliphatic rings. The molecule has 2 amide bonds. The van der Waals surface area contributed by atoms with Gasteiger partial charge >= 0.3 is 0 Å². The molecule has 21 heteroatoms. The van der Waals surface area contributed by atoms with Gasteiger partial charge in [-0.2, -0.15) is 0 Å². The maximum atomic E-state index is 12.8. The average molecular weight is 1410 g/mol. The van der Waals surface area contributed by atoms with Crippen molar-refractivity contribution in [3.8, 4) is 0 Å². The number of nitrogens with zero attached hydrogens (tertiary/aromatic N) is 1. The maximum Gasteiger partial charge on any atom is 0.220 e. The Balaban J connectivity index is 1.44. The molecule has 3 saturated heterocycles. The first-order valence-corrected chi connectivity index (χ1v) is 39.3. The third-order valence-electron chi connectivity index (χ3n) is 18.9. The van der Waals surface area contributed by atoms with Gasteiger partial charge in [0.2, 0.25) is 11.8 Å². The largest absolute Gasteiger partial charge is 0.394 e. The van der Waals surface area contributed by atoms with Crippen LogP contribution in [0.1, 0.15) is 246 Å². The first-order valence-electron chi connectivity index (χ1n) is 39.3. The van der Waals surface area contributed by atoms with Gasteiger partial charge in [-0.1, -0.05) is 166 Å². The van der Waals surface area contributed by atoms with E-state index >= 15 is 0 Å². The van der Waals surface area contributed by atoms with Crippen molar-refractivity contribution in [2.45, 2.75) is 307 Å². The van der Waals surface area contributed by atoms with Crippen LogP contribution in [-0.4, -0.2) is 227 Å². The van der Waals surface area contributed by atoms with E-state index in [1.54, 1.807) is 13.8 Å². The van der Waals surface area contributed by atoms with Crippen molar-refractivity contribution in [3.05, 3.63) is 48.6 Å². The molecule has 0 aromatic rings. The highest BCUT2D eigenvalue weighted by molar-refractivity contribution is 5.76. The molecule has 8 N–H and O–H groups in total. The number of aliphatic hydroxyl groups is 6. The molecule has 578 valence electrons. The lowest BCUT2D eigenvalue weighted by molar-refractivity contribution is -0.284. The van der Waals surface area contributed by atoms with Gasteiger partial charge < -0.3 is 93.5 Å². The number of carbonyl (C=O) groups excluding carboxylic acids is 2. The van der Waals surface area contributed by atoms with E-state index in [9.17, 15) is 40.2 Å². The second kappa shape index (κ2) is 61.5. The molecule has 0 bridgehead atoms. The van der Waals surface area contributed by atoms with Crippen LogP contribution in [0.3, 0.4) is 0 Å². The van der Waals surface area contributed by atoms with Crippen LogP contribution in [0.5, 0.6) is 0 Å². The Morgan fingerprint density at radius 1 is 0.455 bits per heavy atom. The minimum Gasteiger partial charge on any atom is -0.394 e. The Morgan fingerprint density at radius 3 is 1.22 bits per heavy atom. The van der Waals surface area contributed by atoms with Crippen molar-refractivity contribution >= 4 is 11.8 Å². The SMILES string of the molecule is CCCCC/C=C\C/C=C\CCCCCCCCC1(CCCCCCCC/C=C\C/C=C\CCCCC)OC[C@H](CN(CCCCCC(=O)NCCOCCOCCO[C@@H]2OC(CO)[C@H](O)C(O)[C@@H]2C)CCCCCC(=O)NCCOCCOCCO[C@@H]2OC(CO)[C@H](O)C(O)[C@@H]2C)O1. The molecular formula is C78H143N3O18. The topological polar surface area (TPSA) is 275 Å². The van der Waals surface area contributed by atoms with Crippen LogP contribution in [0, 0.1) is 11.8 Å². The van der Waals surface area contributed by atoms with Crippen molar-refractivity contribution in [1.29, 1.82) is 0 Å². The van der Waals surface area contributed by atoms with Crippen LogP contribution in [0.15, 0.2) is 48.6 Å². The summed E-state index contributed by atoms with van der Waals surface area (Å²) < 4.78 is 59.0. The standard InChI is InChI=1S/C78H143N3O18/c1-5-7-9-11-13-15-17-19-21-23-25-27-29-31-33-39-45-78(46-40-34-32-30-28-26-24-22-20-18-16-14-12-10-8-6-2)96-64-67(99-78)61-81(49-41-35-37-43-70(84)79-47-51-90-53-55-92-57-59-94-76-65(3)72(86)74(88)68(62-82)97-76)50-42-36-38-44-71(85)80-48-52-91-54-56-93-58-60-95-77-66(4)73(87)75(89)69(63-83)98-77/h13-16,19-22,65-69,72-77,82-83,86-89H,5-12,17-18,23-64H2,1-4H3,(H,79,84)(H,80,85)/b15-13-,16-14-,21-19-,22-20-/t65-,66-,67-,68?,69?,72?,73?,74-,75-,76+,77+/m0/s1. The van der Waals surface area contributed by atoms with E-state index in [1.165, 1.54) is 116 Å². The normalized spacial score (nSPS) is 23.5. The molecule has 3 fully saturated rings. The third-order valence-corrected chi connectivity index (χ3v) is 18.9. The Bertz CT molecular complexity index is 1890. The number of carbonyl (C=O) groups is 2. The number of nitrogens with one attached hydrogen (secondary N) is 2. The minimum atomic E-state index is -1.17. The number of aliphatic hydroxyl groups excluding tert-OH is 6. The summed E-state index contributed by atoms with van der Waals surface area (Å²) in [6, 6.07) is 0. The summed E-state index contributed by atoms with van der Waals surface area (Å²) in [5.74, 6) is -1.48. The molecular weight excluding hydrogens is 1270 g/mol. The third kappa shape index (κ3) is 44.6. The first-order chi connectivity index (χ1) is 48.4. The summed E-state index contributed by atoms with van der Waals surface area (Å²) in [5.41, 5.74) is 0. The second-order valence-corrected chi connectivity index (χ2v) is 27.6. The number of rotatable bonds is 66. The highest BCUT2D eigenvalue weighted by atomic mass is 16.7. The molecule has 0 saturated carbocycles. The monoisotopic (exact) mass is 1410 g/mol. The number of amides is 2. The average Bonchev–Trinajstić information content (AvgIpc) is 1.41. The summed E-state index contributed by atoms with van der Waals surface area (Å²) >= 11 is 0. The van der Waals surface area contributed by atoms with E-state index in [0.29, 0.717) is 72.2 Å². The molecule has 4 unspecified atom stereocenters. The van der Waals surface area contributed by atoms with E-state index in [1.807, 2.05) is 0 Å². The Kier molecular flexibility index (Phi) is 56.2. The molecule has 3 aliphatic heterocycles. The number of hydrogen-bond donors (Lipinski definition) is 8. The molecule has 3 rings (SSSR count). The lowest BCUT2D eigenvalue weighted by Gasteiger charge is -2.40. The maximum absolute atomic E-state index is 12.8. The lowest BCUT2D eigenvalue weighted by Crippen LogP contribution is -2.55. The molecule has 0 aliphatic carbocycles. The highest BCUT2D eigenvalue weighted by Gasteiger charge is 2.44. The predicted octanol–water partition coefficient (Wildman–Crippen LogP) is 11.4. The zero-order valence-electron chi connectivity index (χ0n) is 62.3. The molecule has 11 atom stereocenters. The van der Waals surface area contributed by atoms with Gasteiger partial charge in [-0.3, -0.25) is 9.59 Å². The van der Waals surface area contributed by atoms with Crippen LogP contribution >= 0.6 is 0 Å². The van der Waals surface area contributed by atoms with Crippen LogP contribution in [0.25, 0.3) is 0 Å². The molecule has 0 radical (unpaired) electrons. The summed E-state index contributed by atoms with van der Waals surface area (Å²) in [6.45, 7) is 14.1. The Hall–Kier alpha value is -2.78. The van der Waals surface area contributed by atoms with Gasteiger partial charge in [0.05, 0.1) is 104 Å². The van der Waals surface area contributed by atoms with Crippen molar-refractivity contribution < 1.29 is 87.6 Å². The minimum absolute atomic E-state index is 0.00279. The van der Waals surface area contributed by atoms with Crippen molar-refractivity contribution in [2.75, 3.05) is 119 Å². The van der Waals surface area contributed by atoms with Crippen LogP contribution in [0.2, 0.25) is 0 Å². The van der Waals surface area contributed by atoms with E-state index in [2.05, 4.69) is 78.0 Å². The van der Waals surface area contributed by atoms with E-state index in [-0.39, 0.29) is 44.3 Å². The fourth-order valence-electron chi connectivity index (χ4n) is 12.7. The number of ether oxygens (including phenoxy) is 10. The predicted molar refractivity (Wildman–Crippen MR) is 390 cm³/mol. The van der Waals surface area contributed by atoms with Gasteiger partial charge in [0.1, 0.15) is 24.4 Å². The summed E-state index contributed by atoms with van der Waals surface area (Å²) in [7, 11) is 0. The van der Waals surface area contributed by atoms with E-state index in [0.717, 1.165) is 110 Å².